The molecule has 0 bridgehead atoms. The molecule has 1 aromatic carbocycles. The van der Waals surface area contributed by atoms with Crippen molar-refractivity contribution >= 4 is 23.3 Å². The monoisotopic (exact) mass is 299 g/mol. The Labute approximate surface area is 122 Å². The van der Waals surface area contributed by atoms with Crippen LogP contribution in [0.3, 0.4) is 0 Å². The van der Waals surface area contributed by atoms with E-state index in [1.54, 1.807) is 18.2 Å². The first-order valence-electron chi connectivity index (χ1n) is 6.16. The molecule has 0 heterocycles. The predicted molar refractivity (Wildman–Crippen MR) is 77.6 cm³/mol. The molecule has 20 heavy (non-hydrogen) atoms. The maximum Gasteiger partial charge on any atom is 0.255 e. The molecule has 0 spiro atoms. The van der Waals surface area contributed by atoms with Crippen molar-refractivity contribution in [3.8, 4) is 5.75 Å². The summed E-state index contributed by atoms with van der Waals surface area (Å²) in [6, 6.07) is 4.87. The topological polar surface area (TPSA) is 96.9 Å². The number of benzene rings is 1. The SMILES string of the molecule is COc1ccc(Cl)cc1C(=O)NCCCCC(N)=NO. The van der Waals surface area contributed by atoms with Crippen molar-refractivity contribution < 1.29 is 14.7 Å². The Morgan fingerprint density at radius 3 is 2.90 bits per heavy atom. The van der Waals surface area contributed by atoms with Crippen molar-refractivity contribution in [2.75, 3.05) is 13.7 Å². The number of unbranched alkanes of at least 4 members (excludes halogenated alkanes) is 1. The fourth-order valence-electron chi connectivity index (χ4n) is 1.64. The molecular formula is C13H18ClN3O3. The Morgan fingerprint density at radius 2 is 2.25 bits per heavy atom. The number of rotatable bonds is 7. The molecule has 0 saturated heterocycles. The van der Waals surface area contributed by atoms with Gasteiger partial charge >= 0.3 is 0 Å². The second-order valence-corrected chi connectivity index (χ2v) is 4.59. The van der Waals surface area contributed by atoms with Crippen molar-refractivity contribution in [2.24, 2.45) is 10.9 Å². The molecule has 0 fully saturated rings. The molecule has 0 saturated carbocycles. The highest BCUT2D eigenvalue weighted by molar-refractivity contribution is 6.31. The number of amides is 1. The lowest BCUT2D eigenvalue weighted by Gasteiger charge is -2.09. The Morgan fingerprint density at radius 1 is 1.50 bits per heavy atom. The van der Waals surface area contributed by atoms with Crippen molar-refractivity contribution in [3.05, 3.63) is 28.8 Å². The molecule has 110 valence electrons. The lowest BCUT2D eigenvalue weighted by atomic mass is 10.1. The maximum absolute atomic E-state index is 12.0. The van der Waals surface area contributed by atoms with E-state index in [-0.39, 0.29) is 11.7 Å². The van der Waals surface area contributed by atoms with Crippen molar-refractivity contribution in [2.45, 2.75) is 19.3 Å². The fourth-order valence-corrected chi connectivity index (χ4v) is 1.81. The quantitative estimate of drug-likeness (QED) is 0.236. The third kappa shape index (κ3) is 4.97. The van der Waals surface area contributed by atoms with E-state index < -0.39 is 0 Å². The molecule has 0 aliphatic rings. The average Bonchev–Trinajstić information content (AvgIpc) is 2.46. The number of hydrogen-bond acceptors (Lipinski definition) is 4. The summed E-state index contributed by atoms with van der Waals surface area (Å²) >= 11 is 5.87. The number of oxime groups is 1. The van der Waals surface area contributed by atoms with Gasteiger partial charge in [-0.1, -0.05) is 16.8 Å². The first-order chi connectivity index (χ1) is 9.58. The number of carbonyl (C=O) groups excluding carboxylic acids is 1. The summed E-state index contributed by atoms with van der Waals surface area (Å²) in [5, 5.41) is 14.5. The van der Waals surface area contributed by atoms with Crippen molar-refractivity contribution in [1.82, 2.24) is 5.32 Å². The van der Waals surface area contributed by atoms with Gasteiger partial charge in [0.05, 0.1) is 12.7 Å². The molecule has 0 aliphatic carbocycles. The molecule has 0 radical (unpaired) electrons. The van der Waals surface area contributed by atoms with Crippen LogP contribution < -0.4 is 15.8 Å². The molecule has 1 rings (SSSR count). The van der Waals surface area contributed by atoms with E-state index in [1.807, 2.05) is 0 Å². The number of carbonyl (C=O) groups is 1. The van der Waals surface area contributed by atoms with E-state index in [1.165, 1.54) is 7.11 Å². The Balaban J connectivity index is 2.45. The van der Waals surface area contributed by atoms with Crippen LogP contribution >= 0.6 is 11.6 Å². The Bertz CT molecular complexity index is 492. The smallest absolute Gasteiger partial charge is 0.255 e. The van der Waals surface area contributed by atoms with Crippen LogP contribution in [0.4, 0.5) is 0 Å². The molecule has 6 nitrogen and oxygen atoms in total. The number of ether oxygens (including phenoxy) is 1. The van der Waals surface area contributed by atoms with Gasteiger partial charge in [-0.3, -0.25) is 4.79 Å². The largest absolute Gasteiger partial charge is 0.496 e. The maximum atomic E-state index is 12.0. The average molecular weight is 300 g/mol. The summed E-state index contributed by atoms with van der Waals surface area (Å²) in [6.07, 6.45) is 1.94. The molecule has 1 aromatic rings. The lowest BCUT2D eigenvalue weighted by Crippen LogP contribution is -2.25. The number of nitrogens with one attached hydrogen (secondary N) is 1. The molecule has 7 heteroatoms. The minimum absolute atomic E-state index is 0.188. The second kappa shape index (κ2) is 8.27. The van der Waals surface area contributed by atoms with E-state index in [2.05, 4.69) is 10.5 Å². The summed E-state index contributed by atoms with van der Waals surface area (Å²) in [6.45, 7) is 0.493. The van der Waals surface area contributed by atoms with Gasteiger partial charge < -0.3 is 21.0 Å². The van der Waals surface area contributed by atoms with Crippen LogP contribution in [-0.2, 0) is 0 Å². The zero-order chi connectivity index (χ0) is 15.0. The van der Waals surface area contributed by atoms with Gasteiger partial charge in [0, 0.05) is 18.0 Å². The minimum atomic E-state index is -0.242. The zero-order valence-electron chi connectivity index (χ0n) is 11.2. The second-order valence-electron chi connectivity index (χ2n) is 4.15. The van der Waals surface area contributed by atoms with Gasteiger partial charge in [-0.25, -0.2) is 0 Å². The van der Waals surface area contributed by atoms with Crippen LogP contribution in [0.5, 0.6) is 5.75 Å². The molecule has 0 aromatic heterocycles. The summed E-state index contributed by atoms with van der Waals surface area (Å²) in [4.78, 5) is 12.0. The number of nitrogens with two attached hydrogens (primary N) is 1. The highest BCUT2D eigenvalue weighted by atomic mass is 35.5. The van der Waals surface area contributed by atoms with Crippen molar-refractivity contribution in [1.29, 1.82) is 0 Å². The van der Waals surface area contributed by atoms with Crippen LogP contribution in [0.25, 0.3) is 0 Å². The van der Waals surface area contributed by atoms with E-state index in [4.69, 9.17) is 27.3 Å². The van der Waals surface area contributed by atoms with E-state index in [0.29, 0.717) is 29.3 Å². The van der Waals surface area contributed by atoms with Crippen LogP contribution in [0.15, 0.2) is 23.4 Å². The van der Waals surface area contributed by atoms with Gasteiger partial charge in [-0.05, 0) is 31.0 Å². The number of amidine groups is 1. The van der Waals surface area contributed by atoms with Gasteiger partial charge in [0.15, 0.2) is 0 Å². The molecule has 0 unspecified atom stereocenters. The van der Waals surface area contributed by atoms with E-state index in [9.17, 15) is 4.79 Å². The Hall–Kier alpha value is -1.95. The molecule has 1 amide bonds. The third-order valence-corrected chi connectivity index (χ3v) is 2.91. The standard InChI is InChI=1S/C13H18ClN3O3/c1-20-11-6-5-9(14)8-10(11)13(18)16-7-3-2-4-12(15)17-19/h5-6,8,19H,2-4,7H2,1H3,(H2,15,17)(H,16,18). The van der Waals surface area contributed by atoms with E-state index >= 15 is 0 Å². The third-order valence-electron chi connectivity index (χ3n) is 2.68. The van der Waals surface area contributed by atoms with Gasteiger partial charge in [0.1, 0.15) is 11.6 Å². The number of nitrogens with zero attached hydrogens (tertiary/aromatic N) is 1. The first-order valence-corrected chi connectivity index (χ1v) is 6.54. The Kier molecular flexibility index (Phi) is 6.66. The summed E-state index contributed by atoms with van der Waals surface area (Å²) in [5.41, 5.74) is 5.74. The summed E-state index contributed by atoms with van der Waals surface area (Å²) in [5.74, 6) is 0.421. The predicted octanol–water partition coefficient (Wildman–Crippen LogP) is 2.00. The normalized spacial score (nSPS) is 11.2. The van der Waals surface area contributed by atoms with E-state index in [0.717, 1.165) is 12.8 Å². The van der Waals surface area contributed by atoms with Crippen LogP contribution in [-0.4, -0.2) is 30.6 Å². The fraction of sp³-hybridized carbons (Fsp3) is 0.385. The van der Waals surface area contributed by atoms with Crippen molar-refractivity contribution in [3.63, 3.8) is 0 Å². The lowest BCUT2D eigenvalue weighted by molar-refractivity contribution is 0.0950. The molecule has 4 N–H and O–H groups in total. The van der Waals surface area contributed by atoms with Crippen LogP contribution in [0.1, 0.15) is 29.6 Å². The highest BCUT2D eigenvalue weighted by Crippen LogP contribution is 2.22. The summed E-state index contributed by atoms with van der Waals surface area (Å²) < 4.78 is 5.12. The summed E-state index contributed by atoms with van der Waals surface area (Å²) in [7, 11) is 1.50. The van der Waals surface area contributed by atoms with Gasteiger partial charge in [0.25, 0.3) is 5.91 Å². The van der Waals surface area contributed by atoms with Gasteiger partial charge in [-0.2, -0.15) is 0 Å². The molecule has 0 atom stereocenters. The number of hydrogen-bond donors (Lipinski definition) is 3. The zero-order valence-corrected chi connectivity index (χ0v) is 12.0. The molecular weight excluding hydrogens is 282 g/mol. The van der Waals surface area contributed by atoms with Crippen LogP contribution in [0.2, 0.25) is 5.02 Å². The first kappa shape index (κ1) is 16.1. The highest BCUT2D eigenvalue weighted by Gasteiger charge is 2.12. The van der Waals surface area contributed by atoms with Gasteiger partial charge in [0.2, 0.25) is 0 Å². The van der Waals surface area contributed by atoms with Crippen LogP contribution in [0, 0.1) is 0 Å². The number of methoxy groups -OCH3 is 1. The van der Waals surface area contributed by atoms with Gasteiger partial charge in [-0.15, -0.1) is 0 Å². The molecule has 0 aliphatic heterocycles. The number of halogens is 1. The minimum Gasteiger partial charge on any atom is -0.496 e.